The van der Waals surface area contributed by atoms with Crippen LogP contribution in [0.4, 0.5) is 28.8 Å². The van der Waals surface area contributed by atoms with Crippen LogP contribution >= 0.6 is 0 Å². The van der Waals surface area contributed by atoms with E-state index in [1.807, 2.05) is 0 Å². The minimum Gasteiger partial charge on any atom is -0.495 e. The number of rotatable bonds is 10. The van der Waals surface area contributed by atoms with E-state index in [0.717, 1.165) is 10.6 Å². The normalized spacial score (nSPS) is 11.1. The lowest BCUT2D eigenvalue weighted by atomic mass is 10.2. The maximum absolute atomic E-state index is 12.8. The van der Waals surface area contributed by atoms with Crippen molar-refractivity contribution >= 4 is 50.8 Å². The lowest BCUT2D eigenvalue weighted by Crippen LogP contribution is -2.25. The van der Waals surface area contributed by atoms with Crippen LogP contribution < -0.4 is 19.7 Å². The van der Waals surface area contributed by atoms with Gasteiger partial charge >= 0.3 is 11.9 Å². The lowest BCUT2D eigenvalue weighted by molar-refractivity contribution is 0.0378. The highest BCUT2D eigenvalue weighted by atomic mass is 32.2. The molecule has 196 valence electrons. The van der Waals surface area contributed by atoms with E-state index in [-0.39, 0.29) is 28.6 Å². The largest absolute Gasteiger partial charge is 0.495 e. The topological polar surface area (TPSA) is 160 Å². The van der Waals surface area contributed by atoms with Crippen molar-refractivity contribution in [3.05, 3.63) is 59.8 Å². The number of nitrogens with zero attached hydrogens (tertiary/aromatic N) is 3. The number of carbonyl (C=O) groups is 2. The first-order valence-electron chi connectivity index (χ1n) is 11.0. The third-order valence-electron chi connectivity index (χ3n) is 5.04. The van der Waals surface area contributed by atoms with Gasteiger partial charge in [0.1, 0.15) is 11.3 Å². The summed E-state index contributed by atoms with van der Waals surface area (Å²) in [5.41, 5.74) is 1.12. The van der Waals surface area contributed by atoms with Gasteiger partial charge in [-0.2, -0.15) is 4.98 Å². The maximum Gasteiger partial charge on any atom is 0.343 e. The molecule has 13 heteroatoms. The molecule has 3 aromatic rings. The van der Waals surface area contributed by atoms with Gasteiger partial charge in [0.15, 0.2) is 5.82 Å². The van der Waals surface area contributed by atoms with Gasteiger partial charge in [-0.25, -0.2) is 23.0 Å². The molecule has 0 aliphatic rings. The van der Waals surface area contributed by atoms with Gasteiger partial charge in [-0.3, -0.25) is 4.31 Å². The Labute approximate surface area is 214 Å². The highest BCUT2D eigenvalue weighted by molar-refractivity contribution is 7.92. The quantitative estimate of drug-likeness (QED) is 0.329. The smallest absolute Gasteiger partial charge is 0.343 e. The van der Waals surface area contributed by atoms with Crippen molar-refractivity contribution in [3.63, 3.8) is 0 Å². The molecule has 0 spiro atoms. The van der Waals surface area contributed by atoms with Crippen LogP contribution in [0.25, 0.3) is 0 Å². The standard InChI is InChI=1S/C24H27N5O7S/c1-14(2)36-23(32)16-13-25-24(27-18-11-10-15(22(30)31)12-20(18)35-4)28-21(16)26-17-8-6-7-9-19(17)29(3)37(5,33)34/h6-14H,1-5H3,(H,30,31)(H2,25,26,27,28). The molecule has 2 aromatic carbocycles. The van der Waals surface area contributed by atoms with Crippen LogP contribution in [0.3, 0.4) is 0 Å². The van der Waals surface area contributed by atoms with Gasteiger partial charge in [0.05, 0.1) is 42.1 Å². The molecule has 0 bridgehead atoms. The summed E-state index contributed by atoms with van der Waals surface area (Å²) in [6.07, 6.45) is 1.94. The Bertz CT molecular complexity index is 1430. The minimum atomic E-state index is -3.58. The van der Waals surface area contributed by atoms with Crippen molar-refractivity contribution in [2.45, 2.75) is 20.0 Å². The van der Waals surface area contributed by atoms with E-state index in [1.165, 1.54) is 38.6 Å². The summed E-state index contributed by atoms with van der Waals surface area (Å²) in [4.78, 5) is 32.7. The third-order valence-corrected chi connectivity index (χ3v) is 6.23. The van der Waals surface area contributed by atoms with Crippen molar-refractivity contribution < 1.29 is 32.6 Å². The minimum absolute atomic E-state index is 0.0178. The summed E-state index contributed by atoms with van der Waals surface area (Å²) in [5.74, 6) is -1.45. The van der Waals surface area contributed by atoms with E-state index in [9.17, 15) is 23.1 Å². The molecule has 0 atom stereocenters. The van der Waals surface area contributed by atoms with E-state index in [1.54, 1.807) is 38.1 Å². The van der Waals surface area contributed by atoms with Crippen LogP contribution in [0.1, 0.15) is 34.6 Å². The lowest BCUT2D eigenvalue weighted by Gasteiger charge is -2.21. The first-order chi connectivity index (χ1) is 17.4. The average molecular weight is 530 g/mol. The van der Waals surface area contributed by atoms with E-state index >= 15 is 0 Å². The van der Waals surface area contributed by atoms with Crippen molar-refractivity contribution in [1.29, 1.82) is 0 Å². The molecule has 3 N–H and O–H groups in total. The molecule has 0 saturated carbocycles. The molecule has 0 amide bonds. The second kappa shape index (κ2) is 11.1. The van der Waals surface area contributed by atoms with Crippen molar-refractivity contribution in [2.75, 3.05) is 35.4 Å². The van der Waals surface area contributed by atoms with Gasteiger partial charge in [0.25, 0.3) is 0 Å². The van der Waals surface area contributed by atoms with E-state index in [4.69, 9.17) is 9.47 Å². The van der Waals surface area contributed by atoms with Gasteiger partial charge in [0, 0.05) is 13.2 Å². The number of nitrogens with one attached hydrogen (secondary N) is 2. The number of hydrogen-bond acceptors (Lipinski definition) is 10. The summed E-state index contributed by atoms with van der Waals surface area (Å²) < 4.78 is 36.0. The molecule has 0 aliphatic carbocycles. The van der Waals surface area contributed by atoms with E-state index in [0.29, 0.717) is 17.1 Å². The average Bonchev–Trinajstić information content (AvgIpc) is 2.83. The van der Waals surface area contributed by atoms with Crippen LogP contribution in [0, 0.1) is 0 Å². The van der Waals surface area contributed by atoms with Crippen molar-refractivity contribution in [1.82, 2.24) is 9.97 Å². The Morgan fingerprint density at radius 2 is 1.78 bits per heavy atom. The number of anilines is 5. The number of hydrogen-bond donors (Lipinski definition) is 3. The molecule has 0 radical (unpaired) electrons. The number of carboxylic acid groups (broad SMARTS) is 1. The Kier molecular flexibility index (Phi) is 8.17. The number of benzene rings is 2. The third kappa shape index (κ3) is 6.64. The zero-order chi connectivity index (χ0) is 27.3. The summed E-state index contributed by atoms with van der Waals surface area (Å²) in [6, 6.07) is 10.8. The van der Waals surface area contributed by atoms with Crippen molar-refractivity contribution in [2.24, 2.45) is 0 Å². The Morgan fingerprint density at radius 1 is 1.08 bits per heavy atom. The number of ether oxygens (including phenoxy) is 2. The molecule has 12 nitrogen and oxygen atoms in total. The first kappa shape index (κ1) is 27.2. The maximum atomic E-state index is 12.8. The SMILES string of the molecule is COc1cc(C(=O)O)ccc1Nc1ncc(C(=O)OC(C)C)c(Nc2ccccc2N(C)S(C)(=O)=O)n1. The van der Waals surface area contributed by atoms with Gasteiger partial charge < -0.3 is 25.2 Å². The number of esters is 1. The van der Waals surface area contributed by atoms with E-state index in [2.05, 4.69) is 20.6 Å². The fourth-order valence-corrected chi connectivity index (χ4v) is 3.69. The van der Waals surface area contributed by atoms with Crippen LogP contribution in [0.2, 0.25) is 0 Å². The van der Waals surface area contributed by atoms with E-state index < -0.39 is 28.1 Å². The highest BCUT2D eigenvalue weighted by Crippen LogP contribution is 2.32. The van der Waals surface area contributed by atoms with Gasteiger partial charge in [0.2, 0.25) is 16.0 Å². The fraction of sp³-hybridized carbons (Fsp3) is 0.250. The second-order valence-electron chi connectivity index (χ2n) is 8.13. The predicted octanol–water partition coefficient (Wildman–Crippen LogP) is 3.63. The summed E-state index contributed by atoms with van der Waals surface area (Å²) in [5, 5.41) is 15.2. The van der Waals surface area contributed by atoms with Crippen LogP contribution in [-0.2, 0) is 14.8 Å². The van der Waals surface area contributed by atoms with Gasteiger partial charge in [-0.1, -0.05) is 12.1 Å². The Hall–Kier alpha value is -4.39. The number of carboxylic acids is 1. The number of aromatic nitrogens is 2. The molecule has 1 aromatic heterocycles. The monoisotopic (exact) mass is 529 g/mol. The Balaban J connectivity index is 2.06. The van der Waals surface area contributed by atoms with Crippen LogP contribution in [0.15, 0.2) is 48.7 Å². The molecule has 37 heavy (non-hydrogen) atoms. The highest BCUT2D eigenvalue weighted by Gasteiger charge is 2.21. The van der Waals surface area contributed by atoms with Gasteiger partial charge in [-0.15, -0.1) is 0 Å². The zero-order valence-corrected chi connectivity index (χ0v) is 21.7. The van der Waals surface area contributed by atoms with Gasteiger partial charge in [-0.05, 0) is 44.2 Å². The molecule has 1 heterocycles. The number of aromatic carboxylic acids is 1. The van der Waals surface area contributed by atoms with Crippen LogP contribution in [0.5, 0.6) is 5.75 Å². The second-order valence-corrected chi connectivity index (χ2v) is 10.1. The number of para-hydroxylation sites is 2. The fourth-order valence-electron chi connectivity index (χ4n) is 3.17. The molecule has 3 rings (SSSR count). The predicted molar refractivity (Wildman–Crippen MR) is 139 cm³/mol. The molecule has 0 aliphatic heterocycles. The summed E-state index contributed by atoms with van der Waals surface area (Å²) in [7, 11) is -0.783. The molecular weight excluding hydrogens is 502 g/mol. The summed E-state index contributed by atoms with van der Waals surface area (Å²) in [6.45, 7) is 3.40. The zero-order valence-electron chi connectivity index (χ0n) is 20.8. The number of sulfonamides is 1. The molecule has 0 saturated heterocycles. The number of methoxy groups -OCH3 is 1. The Morgan fingerprint density at radius 3 is 2.41 bits per heavy atom. The first-order valence-corrected chi connectivity index (χ1v) is 12.8. The molecule has 0 unspecified atom stereocenters. The number of carbonyl (C=O) groups excluding carboxylic acids is 1. The van der Waals surface area contributed by atoms with Crippen molar-refractivity contribution in [3.8, 4) is 5.75 Å². The summed E-state index contributed by atoms with van der Waals surface area (Å²) >= 11 is 0. The molecule has 0 fully saturated rings. The van der Waals surface area contributed by atoms with Crippen LogP contribution in [-0.4, -0.2) is 61.9 Å². The molecular formula is C24H27N5O7S.